The summed E-state index contributed by atoms with van der Waals surface area (Å²) in [6.07, 6.45) is -3.08. The number of alkyl halides is 3. The Labute approximate surface area is 145 Å². The first-order valence-corrected chi connectivity index (χ1v) is 7.44. The molecule has 2 heterocycles. The van der Waals surface area contributed by atoms with Crippen molar-refractivity contribution in [1.29, 1.82) is 0 Å². The molecule has 0 fully saturated rings. The lowest BCUT2D eigenvalue weighted by Gasteiger charge is -2.14. The number of halogens is 4. The molecule has 0 atom stereocenters. The highest BCUT2D eigenvalue weighted by Gasteiger charge is 2.31. The largest absolute Gasteiger partial charge is 0.416 e. The summed E-state index contributed by atoms with van der Waals surface area (Å²) in [5.74, 6) is -0.663. The van der Waals surface area contributed by atoms with Gasteiger partial charge in [0.15, 0.2) is 5.65 Å². The molecule has 26 heavy (non-hydrogen) atoms. The molecule has 0 aliphatic rings. The fourth-order valence-electron chi connectivity index (χ4n) is 2.54. The van der Waals surface area contributed by atoms with E-state index in [0.29, 0.717) is 28.2 Å². The Kier molecular flexibility index (Phi) is 4.26. The van der Waals surface area contributed by atoms with Crippen LogP contribution in [0.4, 0.5) is 35.0 Å². The summed E-state index contributed by atoms with van der Waals surface area (Å²) >= 11 is 0. The molecule has 6 nitrogen and oxygen atoms in total. The van der Waals surface area contributed by atoms with Gasteiger partial charge in [-0.2, -0.15) is 23.1 Å². The highest BCUT2D eigenvalue weighted by molar-refractivity contribution is 5.89. The molecule has 0 amide bonds. The van der Waals surface area contributed by atoms with Gasteiger partial charge in [-0.1, -0.05) is 0 Å². The van der Waals surface area contributed by atoms with E-state index in [1.807, 2.05) is 0 Å². The molecule has 0 saturated heterocycles. The quantitative estimate of drug-likeness (QED) is 0.615. The number of nitrogens with one attached hydrogen (secondary N) is 1. The number of rotatable bonds is 3. The van der Waals surface area contributed by atoms with Crippen LogP contribution in [0.15, 0.2) is 24.4 Å². The average molecular weight is 366 g/mol. The Morgan fingerprint density at radius 3 is 2.58 bits per heavy atom. The smallest absolute Gasteiger partial charge is 0.383 e. The van der Waals surface area contributed by atoms with E-state index in [2.05, 4.69) is 20.3 Å². The van der Waals surface area contributed by atoms with Crippen molar-refractivity contribution in [2.75, 3.05) is 16.8 Å². The van der Waals surface area contributed by atoms with Crippen molar-refractivity contribution in [2.45, 2.75) is 19.6 Å². The Hall–Kier alpha value is -3.17. The van der Waals surface area contributed by atoms with E-state index in [0.717, 1.165) is 12.1 Å². The molecule has 0 bridgehead atoms. The third-order valence-electron chi connectivity index (χ3n) is 3.90. The summed E-state index contributed by atoms with van der Waals surface area (Å²) in [6.45, 7) is 1.77. The highest BCUT2D eigenvalue weighted by atomic mass is 19.4. The van der Waals surface area contributed by atoms with Crippen molar-refractivity contribution in [2.24, 2.45) is 0 Å². The van der Waals surface area contributed by atoms with E-state index in [-0.39, 0.29) is 24.0 Å². The Balaban J connectivity index is 1.92. The van der Waals surface area contributed by atoms with Crippen molar-refractivity contribution in [3.63, 3.8) is 0 Å². The zero-order chi connectivity index (χ0) is 19.1. The first kappa shape index (κ1) is 17.6. The van der Waals surface area contributed by atoms with Crippen molar-refractivity contribution >= 4 is 28.5 Å². The minimum atomic E-state index is -4.56. The Morgan fingerprint density at radius 1 is 1.15 bits per heavy atom. The number of nitrogens with zero attached hydrogens (tertiary/aromatic N) is 3. The van der Waals surface area contributed by atoms with E-state index in [1.54, 1.807) is 6.92 Å². The zero-order valence-corrected chi connectivity index (χ0v) is 13.5. The molecule has 5 N–H and O–H groups in total. The maximum Gasteiger partial charge on any atom is 0.416 e. The first-order valence-electron chi connectivity index (χ1n) is 7.44. The molecule has 3 rings (SSSR count). The fraction of sp³-hybridized carbons (Fsp3) is 0.188. The predicted octanol–water partition coefficient (Wildman–Crippen LogP) is 3.27. The Bertz CT molecular complexity index is 987. The molecule has 3 aromatic rings. The minimum Gasteiger partial charge on any atom is -0.383 e. The van der Waals surface area contributed by atoms with Crippen LogP contribution in [0.25, 0.3) is 11.0 Å². The maximum atomic E-state index is 13.8. The van der Waals surface area contributed by atoms with Crippen LogP contribution in [0.3, 0.4) is 0 Å². The number of fused-ring (bicyclic) bond motifs is 1. The molecule has 10 heteroatoms. The SMILES string of the molecule is Cc1c(CNc2cc(C(F)(F)F)ccc2F)cnc2nc(N)nc(N)c12. The molecule has 0 unspecified atom stereocenters. The fourth-order valence-corrected chi connectivity index (χ4v) is 2.54. The number of nitrogen functional groups attached to an aromatic ring is 2. The van der Waals surface area contributed by atoms with Crippen LogP contribution in [-0.4, -0.2) is 15.0 Å². The summed E-state index contributed by atoms with van der Waals surface area (Å²) in [4.78, 5) is 12.0. The topological polar surface area (TPSA) is 103 Å². The number of pyridine rings is 1. The molecular weight excluding hydrogens is 352 g/mol. The highest BCUT2D eigenvalue weighted by Crippen LogP contribution is 2.32. The van der Waals surface area contributed by atoms with Crippen molar-refractivity contribution < 1.29 is 17.6 Å². The third kappa shape index (κ3) is 3.30. The molecular formula is C16H14F4N6. The predicted molar refractivity (Wildman–Crippen MR) is 89.6 cm³/mol. The summed E-state index contributed by atoms with van der Waals surface area (Å²) in [7, 11) is 0. The standard InChI is InChI=1S/C16H14F4N6/c1-7-8(6-24-14-12(7)13(21)25-15(22)26-14)5-23-11-4-9(16(18,19)20)2-3-10(11)17/h2-4,6,23H,5H2,1H3,(H4,21,22,24,25,26). The molecule has 2 aromatic heterocycles. The maximum absolute atomic E-state index is 13.8. The van der Waals surface area contributed by atoms with Crippen LogP contribution in [0.2, 0.25) is 0 Å². The molecule has 1 aromatic carbocycles. The van der Waals surface area contributed by atoms with E-state index >= 15 is 0 Å². The Morgan fingerprint density at radius 2 is 1.88 bits per heavy atom. The van der Waals surface area contributed by atoms with E-state index in [1.165, 1.54) is 6.20 Å². The van der Waals surface area contributed by atoms with Gasteiger partial charge in [0, 0.05) is 12.7 Å². The first-order chi connectivity index (χ1) is 12.2. The average Bonchev–Trinajstić information content (AvgIpc) is 2.53. The van der Waals surface area contributed by atoms with E-state index in [9.17, 15) is 17.6 Å². The van der Waals surface area contributed by atoms with E-state index < -0.39 is 17.6 Å². The lowest BCUT2D eigenvalue weighted by Crippen LogP contribution is -2.09. The summed E-state index contributed by atoms with van der Waals surface area (Å²) < 4.78 is 52.2. The van der Waals surface area contributed by atoms with Crippen LogP contribution < -0.4 is 16.8 Å². The van der Waals surface area contributed by atoms with Crippen LogP contribution in [0, 0.1) is 12.7 Å². The van der Waals surface area contributed by atoms with Crippen LogP contribution in [0.5, 0.6) is 0 Å². The van der Waals surface area contributed by atoms with Gasteiger partial charge in [-0.05, 0) is 36.2 Å². The summed E-state index contributed by atoms with van der Waals surface area (Å²) in [6, 6.07) is 2.17. The van der Waals surface area contributed by atoms with Crippen LogP contribution in [-0.2, 0) is 12.7 Å². The summed E-state index contributed by atoms with van der Waals surface area (Å²) in [5.41, 5.74) is 11.8. The van der Waals surface area contributed by atoms with Gasteiger partial charge in [0.2, 0.25) is 5.95 Å². The van der Waals surface area contributed by atoms with Gasteiger partial charge in [-0.3, -0.25) is 0 Å². The number of aryl methyl sites for hydroxylation is 1. The van der Waals surface area contributed by atoms with Gasteiger partial charge < -0.3 is 16.8 Å². The number of hydrogen-bond donors (Lipinski definition) is 3. The van der Waals surface area contributed by atoms with Gasteiger partial charge in [-0.25, -0.2) is 9.37 Å². The van der Waals surface area contributed by atoms with Crippen molar-refractivity contribution in [1.82, 2.24) is 15.0 Å². The van der Waals surface area contributed by atoms with Gasteiger partial charge in [0.25, 0.3) is 0 Å². The van der Waals surface area contributed by atoms with Crippen LogP contribution in [0.1, 0.15) is 16.7 Å². The number of nitrogens with two attached hydrogens (primary N) is 2. The van der Waals surface area contributed by atoms with E-state index in [4.69, 9.17) is 11.5 Å². The normalized spacial score (nSPS) is 11.7. The second-order valence-electron chi connectivity index (χ2n) is 5.62. The number of hydrogen-bond acceptors (Lipinski definition) is 6. The third-order valence-corrected chi connectivity index (χ3v) is 3.90. The lowest BCUT2D eigenvalue weighted by atomic mass is 10.1. The minimum absolute atomic E-state index is 0.0150. The molecule has 0 aliphatic carbocycles. The second-order valence-corrected chi connectivity index (χ2v) is 5.62. The second kappa shape index (κ2) is 6.28. The number of benzene rings is 1. The molecule has 0 aliphatic heterocycles. The van der Waals surface area contributed by atoms with Gasteiger partial charge in [-0.15, -0.1) is 0 Å². The number of anilines is 3. The molecule has 0 spiro atoms. The molecule has 136 valence electrons. The molecule has 0 radical (unpaired) electrons. The van der Waals surface area contributed by atoms with Crippen molar-refractivity contribution in [3.8, 4) is 0 Å². The number of aromatic nitrogens is 3. The van der Waals surface area contributed by atoms with Gasteiger partial charge in [0.1, 0.15) is 11.6 Å². The molecule has 0 saturated carbocycles. The van der Waals surface area contributed by atoms with Crippen LogP contribution >= 0.6 is 0 Å². The van der Waals surface area contributed by atoms with Crippen molar-refractivity contribution in [3.05, 3.63) is 46.9 Å². The zero-order valence-electron chi connectivity index (χ0n) is 13.5. The summed E-state index contributed by atoms with van der Waals surface area (Å²) in [5, 5.41) is 3.15. The van der Waals surface area contributed by atoms with Gasteiger partial charge >= 0.3 is 6.18 Å². The van der Waals surface area contributed by atoms with Gasteiger partial charge in [0.05, 0.1) is 16.6 Å². The monoisotopic (exact) mass is 366 g/mol. The lowest BCUT2D eigenvalue weighted by molar-refractivity contribution is -0.137.